The third-order valence-corrected chi connectivity index (χ3v) is 4.05. The van der Waals surface area contributed by atoms with Gasteiger partial charge >= 0.3 is 5.97 Å². The van der Waals surface area contributed by atoms with Crippen LogP contribution in [0.2, 0.25) is 0 Å². The highest BCUT2D eigenvalue weighted by molar-refractivity contribution is 5.95. The van der Waals surface area contributed by atoms with Crippen molar-refractivity contribution >= 4 is 11.9 Å². The Kier molecular flexibility index (Phi) is 4.64. The Labute approximate surface area is 140 Å². The van der Waals surface area contributed by atoms with Crippen molar-refractivity contribution in [1.29, 1.82) is 0 Å². The largest absolute Gasteiger partial charge is 0.480 e. The maximum absolute atomic E-state index is 12.9. The van der Waals surface area contributed by atoms with Gasteiger partial charge in [-0.2, -0.15) is 5.10 Å². The van der Waals surface area contributed by atoms with Gasteiger partial charge in [0, 0.05) is 12.5 Å². The normalized spacial score (nSPS) is 13.7. The fourth-order valence-corrected chi connectivity index (χ4v) is 2.74. The Morgan fingerprint density at radius 1 is 1.29 bits per heavy atom. The lowest BCUT2D eigenvalue weighted by Crippen LogP contribution is -2.37. The van der Waals surface area contributed by atoms with Crippen molar-refractivity contribution < 1.29 is 14.7 Å². The van der Waals surface area contributed by atoms with Crippen LogP contribution in [0.25, 0.3) is 5.69 Å². The number of aliphatic carboxylic acids is 1. The Morgan fingerprint density at radius 3 is 2.58 bits per heavy atom. The Bertz CT molecular complexity index is 735. The first-order chi connectivity index (χ1) is 11.6. The van der Waals surface area contributed by atoms with Crippen molar-refractivity contribution in [3.05, 3.63) is 47.8 Å². The van der Waals surface area contributed by atoms with Crippen LogP contribution in [0.5, 0.6) is 0 Å². The molecule has 1 aliphatic carbocycles. The molecule has 1 aliphatic rings. The van der Waals surface area contributed by atoms with E-state index in [-0.39, 0.29) is 12.5 Å². The van der Waals surface area contributed by atoms with E-state index >= 15 is 0 Å². The van der Waals surface area contributed by atoms with Crippen molar-refractivity contribution in [1.82, 2.24) is 14.7 Å². The molecule has 3 rings (SSSR count). The number of aromatic nitrogens is 2. The van der Waals surface area contributed by atoms with E-state index < -0.39 is 5.97 Å². The molecule has 0 radical (unpaired) electrons. The second-order valence-electron chi connectivity index (χ2n) is 6.10. The van der Waals surface area contributed by atoms with Crippen LogP contribution in [0.15, 0.2) is 36.4 Å². The van der Waals surface area contributed by atoms with E-state index in [4.69, 9.17) is 5.11 Å². The second-order valence-corrected chi connectivity index (χ2v) is 6.10. The van der Waals surface area contributed by atoms with Gasteiger partial charge in [-0.05, 0) is 37.5 Å². The number of nitrogens with zero attached hydrogens (tertiary/aromatic N) is 3. The number of hydrogen-bond donors (Lipinski definition) is 1. The molecule has 0 aliphatic heterocycles. The Balaban J connectivity index is 1.98. The van der Waals surface area contributed by atoms with Crippen molar-refractivity contribution in [3.63, 3.8) is 0 Å². The van der Waals surface area contributed by atoms with Gasteiger partial charge in [0.15, 0.2) is 0 Å². The quantitative estimate of drug-likeness (QED) is 0.848. The maximum Gasteiger partial charge on any atom is 0.323 e. The summed E-state index contributed by atoms with van der Waals surface area (Å²) in [5, 5.41) is 13.7. The molecule has 0 atom stereocenters. The standard InChI is InChI=1S/C18H21N3O3/c1-2-10-20(12-17(22)23)18(24)16-11-15(13-8-9-13)19-21(16)14-6-4-3-5-7-14/h3-7,11,13H,2,8-10,12H2,1H3,(H,22,23). The van der Waals surface area contributed by atoms with Crippen LogP contribution >= 0.6 is 0 Å². The highest BCUT2D eigenvalue weighted by Gasteiger charge is 2.30. The number of benzene rings is 1. The van der Waals surface area contributed by atoms with Crippen molar-refractivity contribution in [2.24, 2.45) is 0 Å². The van der Waals surface area contributed by atoms with Gasteiger partial charge in [0.2, 0.25) is 0 Å². The molecule has 126 valence electrons. The summed E-state index contributed by atoms with van der Waals surface area (Å²) >= 11 is 0. The fraction of sp³-hybridized carbons (Fsp3) is 0.389. The molecule has 1 heterocycles. The van der Waals surface area contributed by atoms with E-state index in [1.165, 1.54) is 4.90 Å². The van der Waals surface area contributed by atoms with Crippen LogP contribution < -0.4 is 0 Å². The van der Waals surface area contributed by atoms with Crippen LogP contribution in [0.3, 0.4) is 0 Å². The number of para-hydroxylation sites is 1. The molecule has 1 N–H and O–H groups in total. The SMILES string of the molecule is CCCN(CC(=O)O)C(=O)c1cc(C2CC2)nn1-c1ccccc1. The van der Waals surface area contributed by atoms with E-state index in [0.717, 1.165) is 24.2 Å². The van der Waals surface area contributed by atoms with E-state index in [2.05, 4.69) is 5.10 Å². The van der Waals surface area contributed by atoms with Gasteiger partial charge in [0.25, 0.3) is 5.91 Å². The lowest BCUT2D eigenvalue weighted by molar-refractivity contribution is -0.137. The predicted octanol–water partition coefficient (Wildman–Crippen LogP) is 2.69. The molecule has 24 heavy (non-hydrogen) atoms. The van der Waals surface area contributed by atoms with Crippen LogP contribution in [0.4, 0.5) is 0 Å². The second kappa shape index (κ2) is 6.86. The lowest BCUT2D eigenvalue weighted by Gasteiger charge is -2.20. The summed E-state index contributed by atoms with van der Waals surface area (Å²) in [5.74, 6) is -0.881. The average molecular weight is 327 g/mol. The molecular weight excluding hydrogens is 306 g/mol. The first-order valence-corrected chi connectivity index (χ1v) is 8.26. The molecule has 0 bridgehead atoms. The first-order valence-electron chi connectivity index (χ1n) is 8.26. The maximum atomic E-state index is 12.9. The molecule has 0 saturated heterocycles. The summed E-state index contributed by atoms with van der Waals surface area (Å²) in [4.78, 5) is 25.4. The third kappa shape index (κ3) is 3.48. The molecule has 0 spiro atoms. The average Bonchev–Trinajstić information content (AvgIpc) is 3.33. The minimum Gasteiger partial charge on any atom is -0.480 e. The van der Waals surface area contributed by atoms with E-state index in [0.29, 0.717) is 24.6 Å². The van der Waals surface area contributed by atoms with Crippen molar-refractivity contribution in [2.75, 3.05) is 13.1 Å². The molecule has 1 saturated carbocycles. The zero-order valence-corrected chi connectivity index (χ0v) is 13.7. The summed E-state index contributed by atoms with van der Waals surface area (Å²) in [6, 6.07) is 11.3. The molecule has 6 heteroatoms. The van der Waals surface area contributed by atoms with Crippen molar-refractivity contribution in [2.45, 2.75) is 32.1 Å². The molecule has 1 aromatic heterocycles. The van der Waals surface area contributed by atoms with E-state index in [1.54, 1.807) is 4.68 Å². The molecule has 6 nitrogen and oxygen atoms in total. The molecule has 0 unspecified atom stereocenters. The summed E-state index contributed by atoms with van der Waals surface area (Å²) in [6.45, 7) is 2.03. The van der Waals surface area contributed by atoms with Gasteiger partial charge in [0.05, 0.1) is 11.4 Å². The van der Waals surface area contributed by atoms with Gasteiger partial charge in [-0.1, -0.05) is 25.1 Å². The smallest absolute Gasteiger partial charge is 0.323 e. The van der Waals surface area contributed by atoms with Crippen LogP contribution in [-0.2, 0) is 4.79 Å². The van der Waals surface area contributed by atoms with Gasteiger partial charge in [-0.25, -0.2) is 4.68 Å². The lowest BCUT2D eigenvalue weighted by atomic mass is 10.2. The van der Waals surface area contributed by atoms with Crippen LogP contribution in [0.1, 0.15) is 48.3 Å². The highest BCUT2D eigenvalue weighted by Crippen LogP contribution is 2.39. The third-order valence-electron chi connectivity index (χ3n) is 4.05. The van der Waals surface area contributed by atoms with Gasteiger partial charge in [-0.3, -0.25) is 9.59 Å². The zero-order valence-electron chi connectivity index (χ0n) is 13.7. The minimum atomic E-state index is -1.01. The van der Waals surface area contributed by atoms with Gasteiger partial charge < -0.3 is 10.0 Å². The summed E-state index contributed by atoms with van der Waals surface area (Å²) in [6.07, 6.45) is 2.88. The van der Waals surface area contributed by atoms with E-state index in [9.17, 15) is 9.59 Å². The molecule has 1 aromatic carbocycles. The number of amides is 1. The van der Waals surface area contributed by atoms with Gasteiger partial charge in [-0.15, -0.1) is 0 Å². The number of rotatable bonds is 7. The number of carboxylic acids is 1. The Morgan fingerprint density at radius 2 is 2.00 bits per heavy atom. The number of carbonyl (C=O) groups excluding carboxylic acids is 1. The van der Waals surface area contributed by atoms with E-state index in [1.807, 2.05) is 43.3 Å². The van der Waals surface area contributed by atoms with Gasteiger partial charge in [0.1, 0.15) is 12.2 Å². The Hall–Kier alpha value is -2.63. The number of carbonyl (C=O) groups is 2. The molecular formula is C18H21N3O3. The molecule has 1 fully saturated rings. The van der Waals surface area contributed by atoms with Crippen molar-refractivity contribution in [3.8, 4) is 5.69 Å². The minimum absolute atomic E-state index is 0.289. The fourth-order valence-electron chi connectivity index (χ4n) is 2.74. The monoisotopic (exact) mass is 327 g/mol. The topological polar surface area (TPSA) is 75.4 Å². The molecule has 2 aromatic rings. The summed E-state index contributed by atoms with van der Waals surface area (Å²) < 4.78 is 1.64. The van der Waals surface area contributed by atoms with Crippen LogP contribution in [0, 0.1) is 0 Å². The number of carboxylic acid groups (broad SMARTS) is 1. The first kappa shape index (κ1) is 16.2. The predicted molar refractivity (Wildman–Crippen MR) is 89.4 cm³/mol. The summed E-state index contributed by atoms with van der Waals surface area (Å²) in [5.41, 5.74) is 2.14. The summed E-state index contributed by atoms with van der Waals surface area (Å²) in [7, 11) is 0. The number of hydrogen-bond acceptors (Lipinski definition) is 3. The molecule has 1 amide bonds. The zero-order chi connectivity index (χ0) is 17.1. The highest BCUT2D eigenvalue weighted by atomic mass is 16.4. The van der Waals surface area contributed by atoms with Crippen LogP contribution in [-0.4, -0.2) is 44.8 Å².